The molecule has 0 unspecified atom stereocenters. The molecule has 6 heteroatoms. The Bertz CT molecular complexity index is 803. The van der Waals surface area contributed by atoms with Gasteiger partial charge in [-0.1, -0.05) is 25.1 Å². The topological polar surface area (TPSA) is 67.3 Å². The highest BCUT2D eigenvalue weighted by Gasteiger charge is 2.14. The predicted octanol–water partition coefficient (Wildman–Crippen LogP) is 3.41. The van der Waals surface area contributed by atoms with Gasteiger partial charge < -0.3 is 15.2 Å². The Balaban J connectivity index is 1.79. The molecule has 0 aliphatic carbocycles. The van der Waals surface area contributed by atoms with Gasteiger partial charge in [-0.2, -0.15) is 0 Å². The second kappa shape index (κ2) is 6.93. The van der Waals surface area contributed by atoms with Crippen molar-refractivity contribution in [2.75, 3.05) is 19.0 Å². The van der Waals surface area contributed by atoms with Crippen molar-refractivity contribution in [2.24, 2.45) is 0 Å². The monoisotopic (exact) mass is 329 g/mol. The maximum atomic E-state index is 10.4. The maximum absolute atomic E-state index is 10.4. The third-order valence-corrected chi connectivity index (χ3v) is 4.88. The van der Waals surface area contributed by atoms with Crippen molar-refractivity contribution in [2.45, 2.75) is 19.4 Å². The Morgan fingerprint density at radius 2 is 2.13 bits per heavy atom. The van der Waals surface area contributed by atoms with Gasteiger partial charge in [0.25, 0.3) is 0 Å². The molecule has 120 valence electrons. The number of hydrogen-bond donors (Lipinski definition) is 2. The fourth-order valence-corrected chi connectivity index (χ4v) is 3.40. The van der Waals surface area contributed by atoms with E-state index in [4.69, 9.17) is 4.74 Å². The quantitative estimate of drug-likeness (QED) is 0.725. The molecule has 2 N–H and O–H groups in total. The lowest BCUT2D eigenvalue weighted by atomic mass is 10.1. The molecule has 0 saturated heterocycles. The number of para-hydroxylation sites is 1. The number of nitrogens with zero attached hydrogens (tertiary/aromatic N) is 2. The molecular formula is C17H19N3O2S. The number of fused-ring (bicyclic) bond motifs is 1. The first-order valence-electron chi connectivity index (χ1n) is 7.51. The molecule has 0 fully saturated rings. The zero-order valence-corrected chi connectivity index (χ0v) is 13.9. The van der Waals surface area contributed by atoms with Gasteiger partial charge in [0.05, 0.1) is 18.6 Å². The van der Waals surface area contributed by atoms with Crippen molar-refractivity contribution in [3.63, 3.8) is 0 Å². The number of aliphatic hydroxyl groups is 1. The van der Waals surface area contributed by atoms with Crippen LogP contribution in [-0.2, 0) is 6.42 Å². The molecule has 3 rings (SSSR count). The van der Waals surface area contributed by atoms with Crippen LogP contribution in [0.2, 0.25) is 0 Å². The number of methoxy groups -OCH3 is 1. The van der Waals surface area contributed by atoms with Gasteiger partial charge in [-0.05, 0) is 18.6 Å². The molecule has 1 aromatic carbocycles. The van der Waals surface area contributed by atoms with Gasteiger partial charge in [-0.25, -0.2) is 9.97 Å². The zero-order chi connectivity index (χ0) is 16.2. The van der Waals surface area contributed by atoms with Gasteiger partial charge in [0.2, 0.25) is 0 Å². The summed E-state index contributed by atoms with van der Waals surface area (Å²) in [5, 5.41) is 14.7. The zero-order valence-electron chi connectivity index (χ0n) is 13.1. The minimum absolute atomic E-state index is 0.351. The summed E-state index contributed by atoms with van der Waals surface area (Å²) in [5.41, 5.74) is 0.757. The van der Waals surface area contributed by atoms with Gasteiger partial charge in [0.15, 0.2) is 0 Å². The van der Waals surface area contributed by atoms with Gasteiger partial charge in [0.1, 0.15) is 22.7 Å². The number of aliphatic hydroxyl groups excluding tert-OH is 1. The Morgan fingerprint density at radius 3 is 2.91 bits per heavy atom. The van der Waals surface area contributed by atoms with Crippen LogP contribution in [0.1, 0.15) is 23.5 Å². The van der Waals surface area contributed by atoms with Crippen LogP contribution in [0.3, 0.4) is 0 Å². The van der Waals surface area contributed by atoms with E-state index in [-0.39, 0.29) is 0 Å². The first-order chi connectivity index (χ1) is 11.2. The van der Waals surface area contributed by atoms with E-state index in [0.717, 1.165) is 28.0 Å². The summed E-state index contributed by atoms with van der Waals surface area (Å²) in [4.78, 5) is 10.8. The molecule has 0 saturated carbocycles. The number of aryl methyl sites for hydroxylation is 1. The molecular weight excluding hydrogens is 310 g/mol. The lowest BCUT2D eigenvalue weighted by Crippen LogP contribution is -2.14. The van der Waals surface area contributed by atoms with Crippen molar-refractivity contribution >= 4 is 27.4 Å². The average Bonchev–Trinajstić information content (AvgIpc) is 3.03. The summed E-state index contributed by atoms with van der Waals surface area (Å²) in [7, 11) is 1.60. The summed E-state index contributed by atoms with van der Waals surface area (Å²) < 4.78 is 5.29. The number of hydrogen-bond acceptors (Lipinski definition) is 6. The van der Waals surface area contributed by atoms with Crippen LogP contribution in [0.25, 0.3) is 10.2 Å². The van der Waals surface area contributed by atoms with E-state index in [9.17, 15) is 5.11 Å². The van der Waals surface area contributed by atoms with Crippen molar-refractivity contribution < 1.29 is 9.84 Å². The molecule has 2 heterocycles. The van der Waals surface area contributed by atoms with Crippen LogP contribution >= 0.6 is 11.3 Å². The van der Waals surface area contributed by atoms with E-state index in [1.165, 1.54) is 4.88 Å². The van der Waals surface area contributed by atoms with Gasteiger partial charge in [-0.3, -0.25) is 0 Å². The molecule has 1 atom stereocenters. The minimum Gasteiger partial charge on any atom is -0.496 e. The van der Waals surface area contributed by atoms with E-state index in [2.05, 4.69) is 28.3 Å². The van der Waals surface area contributed by atoms with Gasteiger partial charge >= 0.3 is 0 Å². The number of thiophene rings is 1. The summed E-state index contributed by atoms with van der Waals surface area (Å²) in [6, 6.07) is 9.58. The summed E-state index contributed by atoms with van der Waals surface area (Å²) in [6.45, 7) is 2.47. The number of ether oxygens (including phenoxy) is 1. The summed E-state index contributed by atoms with van der Waals surface area (Å²) in [5.74, 6) is 1.43. The molecule has 2 aromatic heterocycles. The van der Waals surface area contributed by atoms with Crippen molar-refractivity contribution in [1.29, 1.82) is 0 Å². The third kappa shape index (κ3) is 3.28. The van der Waals surface area contributed by atoms with Crippen LogP contribution in [0.15, 0.2) is 36.7 Å². The Labute approximate surface area is 139 Å². The third-order valence-electron chi connectivity index (χ3n) is 3.69. The molecule has 0 bridgehead atoms. The van der Waals surface area contributed by atoms with Crippen LogP contribution in [0.5, 0.6) is 5.75 Å². The molecule has 0 aliphatic heterocycles. The Kier molecular flexibility index (Phi) is 4.73. The first kappa shape index (κ1) is 15.7. The first-order valence-corrected chi connectivity index (χ1v) is 8.32. The highest BCUT2D eigenvalue weighted by Crippen LogP contribution is 2.29. The Hall–Kier alpha value is -2.18. The second-order valence-electron chi connectivity index (χ2n) is 5.15. The molecule has 0 radical (unpaired) electrons. The molecule has 0 spiro atoms. The van der Waals surface area contributed by atoms with E-state index < -0.39 is 6.10 Å². The van der Waals surface area contributed by atoms with Crippen LogP contribution in [0, 0.1) is 0 Å². The number of benzene rings is 1. The average molecular weight is 329 g/mol. The highest BCUT2D eigenvalue weighted by atomic mass is 32.1. The normalized spacial score (nSPS) is 12.3. The number of rotatable bonds is 6. The predicted molar refractivity (Wildman–Crippen MR) is 93.2 cm³/mol. The molecule has 0 amide bonds. The summed E-state index contributed by atoms with van der Waals surface area (Å²) >= 11 is 1.67. The van der Waals surface area contributed by atoms with Crippen molar-refractivity contribution in [1.82, 2.24) is 9.97 Å². The minimum atomic E-state index is -0.680. The van der Waals surface area contributed by atoms with Crippen molar-refractivity contribution in [3.8, 4) is 5.75 Å². The molecule has 0 aliphatic rings. The van der Waals surface area contributed by atoms with Crippen LogP contribution in [-0.4, -0.2) is 28.7 Å². The SMILES string of the molecule is CCc1cc2c(NC[C@@H](O)c3ccccc3OC)ncnc2s1. The van der Waals surface area contributed by atoms with E-state index >= 15 is 0 Å². The second-order valence-corrected chi connectivity index (χ2v) is 6.26. The highest BCUT2D eigenvalue weighted by molar-refractivity contribution is 7.18. The molecule has 5 nitrogen and oxygen atoms in total. The number of nitrogens with one attached hydrogen (secondary N) is 1. The van der Waals surface area contributed by atoms with Crippen LogP contribution in [0.4, 0.5) is 5.82 Å². The van der Waals surface area contributed by atoms with Gasteiger partial charge in [-0.15, -0.1) is 11.3 Å². The van der Waals surface area contributed by atoms with E-state index in [1.54, 1.807) is 24.8 Å². The number of aromatic nitrogens is 2. The maximum Gasteiger partial charge on any atom is 0.138 e. The lowest BCUT2D eigenvalue weighted by Gasteiger charge is -2.15. The van der Waals surface area contributed by atoms with Crippen LogP contribution < -0.4 is 10.1 Å². The fraction of sp³-hybridized carbons (Fsp3) is 0.294. The largest absolute Gasteiger partial charge is 0.496 e. The van der Waals surface area contributed by atoms with Crippen molar-refractivity contribution in [3.05, 3.63) is 47.1 Å². The van der Waals surface area contributed by atoms with E-state index in [0.29, 0.717) is 12.3 Å². The fourth-order valence-electron chi connectivity index (χ4n) is 2.47. The smallest absolute Gasteiger partial charge is 0.138 e. The lowest BCUT2D eigenvalue weighted by molar-refractivity contribution is 0.187. The molecule has 23 heavy (non-hydrogen) atoms. The number of anilines is 1. The standard InChI is InChI=1S/C17H19N3O2S/c1-3-11-8-13-16(19-10-20-17(13)23-11)18-9-14(21)12-6-4-5-7-15(12)22-2/h4-8,10,14,21H,3,9H2,1-2H3,(H,18,19,20)/t14-/m1/s1. The van der Waals surface area contributed by atoms with Gasteiger partial charge in [0, 0.05) is 17.0 Å². The Morgan fingerprint density at radius 1 is 1.30 bits per heavy atom. The summed E-state index contributed by atoms with van der Waals surface area (Å²) in [6.07, 6.45) is 1.85. The molecule has 3 aromatic rings. The van der Waals surface area contributed by atoms with E-state index in [1.807, 2.05) is 24.3 Å².